The fraction of sp³-hybridized carbons (Fsp3) is 0.300. The van der Waals surface area contributed by atoms with Crippen molar-refractivity contribution in [2.75, 3.05) is 13.1 Å². The van der Waals surface area contributed by atoms with Gasteiger partial charge >= 0.3 is 12.2 Å². The summed E-state index contributed by atoms with van der Waals surface area (Å²) in [5.41, 5.74) is 1.66. The Morgan fingerprint density at radius 1 is 0.714 bits per heavy atom. The van der Waals surface area contributed by atoms with Crippen LogP contribution in [0.5, 0.6) is 0 Å². The van der Waals surface area contributed by atoms with Gasteiger partial charge in [-0.3, -0.25) is 0 Å². The van der Waals surface area contributed by atoms with Gasteiger partial charge < -0.3 is 30.3 Å². The largest absolute Gasteiger partial charge is 0.445 e. The van der Waals surface area contributed by atoms with Crippen LogP contribution in [0.15, 0.2) is 60.7 Å². The molecule has 8 heteroatoms. The van der Waals surface area contributed by atoms with E-state index in [0.29, 0.717) is 0 Å². The number of carbonyl (C=O) groups is 2. The fourth-order valence-electron chi connectivity index (χ4n) is 2.20. The fourth-order valence-corrected chi connectivity index (χ4v) is 2.20. The van der Waals surface area contributed by atoms with E-state index in [1.165, 1.54) is 0 Å². The van der Waals surface area contributed by atoms with Crippen molar-refractivity contribution in [2.45, 2.75) is 25.4 Å². The summed E-state index contributed by atoms with van der Waals surface area (Å²) in [4.78, 5) is 23.2. The molecular weight excluding hydrogens is 364 g/mol. The number of hydrogen-bond donors (Lipinski definition) is 4. The summed E-state index contributed by atoms with van der Waals surface area (Å²) in [5.74, 6) is 0. The number of nitrogens with one attached hydrogen (secondary N) is 2. The highest BCUT2D eigenvalue weighted by molar-refractivity contribution is 5.67. The Labute approximate surface area is 163 Å². The Morgan fingerprint density at radius 3 is 1.43 bits per heavy atom. The minimum absolute atomic E-state index is 0.0974. The second kappa shape index (κ2) is 11.6. The summed E-state index contributed by atoms with van der Waals surface area (Å²) < 4.78 is 10.00. The van der Waals surface area contributed by atoms with Crippen LogP contribution >= 0.6 is 0 Å². The van der Waals surface area contributed by atoms with E-state index < -0.39 is 24.4 Å². The Kier molecular flexibility index (Phi) is 8.77. The van der Waals surface area contributed by atoms with Crippen molar-refractivity contribution in [3.05, 3.63) is 71.8 Å². The van der Waals surface area contributed by atoms with E-state index >= 15 is 0 Å². The summed E-state index contributed by atoms with van der Waals surface area (Å²) in [6.07, 6.45) is -3.99. The highest BCUT2D eigenvalue weighted by Crippen LogP contribution is 2.02. The van der Waals surface area contributed by atoms with Crippen LogP contribution in [0.3, 0.4) is 0 Å². The standard InChI is InChI=1S/C20H24N2O6/c23-17(11-21-19(25)27-13-15-7-3-1-4-8-15)18(24)12-22-20(26)28-14-16-9-5-2-6-10-16/h1-10,17-18,23-24H,11-14H2,(H,21,25)(H,22,26). The molecule has 2 aromatic rings. The van der Waals surface area contributed by atoms with Crippen molar-refractivity contribution in [3.8, 4) is 0 Å². The molecule has 0 radical (unpaired) electrons. The molecule has 2 atom stereocenters. The average Bonchev–Trinajstić information content (AvgIpc) is 2.74. The summed E-state index contributed by atoms with van der Waals surface area (Å²) in [5, 5.41) is 24.4. The summed E-state index contributed by atoms with van der Waals surface area (Å²) in [7, 11) is 0. The van der Waals surface area contributed by atoms with Gasteiger partial charge in [-0.25, -0.2) is 9.59 Å². The Hall–Kier alpha value is -3.10. The average molecular weight is 388 g/mol. The van der Waals surface area contributed by atoms with Crippen LogP contribution < -0.4 is 10.6 Å². The summed E-state index contributed by atoms with van der Waals surface area (Å²) >= 11 is 0. The molecule has 0 heterocycles. The first-order valence-electron chi connectivity index (χ1n) is 8.80. The predicted molar refractivity (Wildman–Crippen MR) is 101 cm³/mol. The molecular formula is C20H24N2O6. The lowest BCUT2D eigenvalue weighted by Gasteiger charge is -2.18. The van der Waals surface area contributed by atoms with E-state index in [-0.39, 0.29) is 26.3 Å². The number of benzene rings is 2. The van der Waals surface area contributed by atoms with Crippen molar-refractivity contribution in [2.24, 2.45) is 0 Å². The van der Waals surface area contributed by atoms with Gasteiger partial charge in [0.2, 0.25) is 0 Å². The maximum atomic E-state index is 11.6. The third-order valence-electron chi connectivity index (χ3n) is 3.78. The number of hydrogen-bond acceptors (Lipinski definition) is 6. The van der Waals surface area contributed by atoms with E-state index in [4.69, 9.17) is 9.47 Å². The van der Waals surface area contributed by atoms with Gasteiger partial charge in [0.05, 0.1) is 12.2 Å². The van der Waals surface area contributed by atoms with Crippen LogP contribution in [-0.4, -0.2) is 47.7 Å². The molecule has 0 aliphatic rings. The van der Waals surface area contributed by atoms with Crippen LogP contribution in [0.2, 0.25) is 0 Å². The molecule has 4 N–H and O–H groups in total. The molecule has 0 saturated carbocycles. The molecule has 0 aromatic heterocycles. The summed E-state index contributed by atoms with van der Waals surface area (Å²) in [6, 6.07) is 18.3. The van der Waals surface area contributed by atoms with Crippen LogP contribution in [0.4, 0.5) is 9.59 Å². The summed E-state index contributed by atoms with van der Waals surface area (Å²) in [6.45, 7) is -0.259. The molecule has 0 aliphatic carbocycles. The zero-order chi connectivity index (χ0) is 20.2. The first kappa shape index (κ1) is 21.2. The lowest BCUT2D eigenvalue weighted by atomic mass is 10.2. The van der Waals surface area contributed by atoms with E-state index in [1.54, 1.807) is 0 Å². The topological polar surface area (TPSA) is 117 Å². The van der Waals surface area contributed by atoms with Gasteiger partial charge in [-0.1, -0.05) is 60.7 Å². The number of aliphatic hydroxyl groups excluding tert-OH is 2. The number of ether oxygens (including phenoxy) is 2. The van der Waals surface area contributed by atoms with E-state index in [1.807, 2.05) is 60.7 Å². The van der Waals surface area contributed by atoms with Crippen molar-refractivity contribution in [1.29, 1.82) is 0 Å². The maximum absolute atomic E-state index is 11.6. The molecule has 2 aromatic carbocycles. The molecule has 0 spiro atoms. The number of carbonyl (C=O) groups excluding carboxylic acids is 2. The molecule has 8 nitrogen and oxygen atoms in total. The third kappa shape index (κ3) is 8.07. The molecule has 0 saturated heterocycles. The number of aliphatic hydroxyl groups is 2. The first-order valence-corrected chi connectivity index (χ1v) is 8.80. The third-order valence-corrected chi connectivity index (χ3v) is 3.78. The van der Waals surface area contributed by atoms with Gasteiger partial charge in [-0.2, -0.15) is 0 Å². The zero-order valence-corrected chi connectivity index (χ0v) is 15.3. The van der Waals surface area contributed by atoms with E-state index in [9.17, 15) is 19.8 Å². The van der Waals surface area contributed by atoms with Crippen LogP contribution in [0.25, 0.3) is 0 Å². The van der Waals surface area contributed by atoms with Crippen molar-refractivity contribution >= 4 is 12.2 Å². The van der Waals surface area contributed by atoms with Crippen LogP contribution in [-0.2, 0) is 22.7 Å². The zero-order valence-electron chi connectivity index (χ0n) is 15.3. The van der Waals surface area contributed by atoms with Gasteiger partial charge in [0, 0.05) is 13.1 Å². The highest BCUT2D eigenvalue weighted by Gasteiger charge is 2.18. The Balaban J connectivity index is 1.59. The minimum atomic E-state index is -1.28. The number of alkyl carbamates (subject to hydrolysis) is 2. The predicted octanol–water partition coefficient (Wildman–Crippen LogP) is 1.56. The Morgan fingerprint density at radius 2 is 1.07 bits per heavy atom. The first-order chi connectivity index (χ1) is 13.5. The SMILES string of the molecule is O=C(NCC(O)C(O)CNC(=O)OCc1ccccc1)OCc1ccccc1. The Bertz CT molecular complexity index is 662. The highest BCUT2D eigenvalue weighted by atomic mass is 16.6. The molecule has 0 aliphatic heterocycles. The lowest BCUT2D eigenvalue weighted by molar-refractivity contribution is 0.0194. The molecule has 28 heavy (non-hydrogen) atoms. The van der Waals surface area contributed by atoms with Crippen LogP contribution in [0, 0.1) is 0 Å². The van der Waals surface area contributed by atoms with E-state index in [0.717, 1.165) is 11.1 Å². The molecule has 0 bridgehead atoms. The molecule has 2 unspecified atom stereocenters. The van der Waals surface area contributed by atoms with Crippen molar-refractivity contribution in [3.63, 3.8) is 0 Å². The maximum Gasteiger partial charge on any atom is 0.407 e. The quantitative estimate of drug-likeness (QED) is 0.518. The minimum Gasteiger partial charge on any atom is -0.445 e. The smallest absolute Gasteiger partial charge is 0.407 e. The van der Waals surface area contributed by atoms with Crippen molar-refractivity contribution < 1.29 is 29.3 Å². The normalized spacial score (nSPS) is 12.5. The number of rotatable bonds is 9. The van der Waals surface area contributed by atoms with Gasteiger partial charge in [-0.05, 0) is 11.1 Å². The molecule has 2 rings (SSSR count). The van der Waals surface area contributed by atoms with E-state index in [2.05, 4.69) is 10.6 Å². The van der Waals surface area contributed by atoms with Gasteiger partial charge in [-0.15, -0.1) is 0 Å². The van der Waals surface area contributed by atoms with Crippen LogP contribution in [0.1, 0.15) is 11.1 Å². The van der Waals surface area contributed by atoms with Gasteiger partial charge in [0.1, 0.15) is 13.2 Å². The van der Waals surface area contributed by atoms with Gasteiger partial charge in [0.25, 0.3) is 0 Å². The van der Waals surface area contributed by atoms with Gasteiger partial charge in [0.15, 0.2) is 0 Å². The number of amides is 2. The second-order valence-electron chi connectivity index (χ2n) is 6.02. The molecule has 2 amide bonds. The van der Waals surface area contributed by atoms with Crippen molar-refractivity contribution in [1.82, 2.24) is 10.6 Å². The lowest BCUT2D eigenvalue weighted by Crippen LogP contribution is -2.44. The second-order valence-corrected chi connectivity index (χ2v) is 6.02. The molecule has 150 valence electrons. The monoisotopic (exact) mass is 388 g/mol. The molecule has 0 fully saturated rings.